The zero-order valence-corrected chi connectivity index (χ0v) is 17.1. The number of pyridine rings is 1. The molecule has 150 valence electrons. The molecule has 0 atom stereocenters. The van der Waals surface area contributed by atoms with Gasteiger partial charge in [0.1, 0.15) is 11.2 Å². The van der Waals surface area contributed by atoms with Crippen molar-refractivity contribution in [1.82, 2.24) is 15.2 Å². The average Bonchev–Trinajstić information content (AvgIpc) is 3.14. The van der Waals surface area contributed by atoms with Gasteiger partial charge in [-0.2, -0.15) is 0 Å². The second-order valence-corrected chi connectivity index (χ2v) is 8.75. The summed E-state index contributed by atoms with van der Waals surface area (Å²) >= 11 is 1.53. The minimum atomic E-state index is -0.545. The maximum absolute atomic E-state index is 12.7. The summed E-state index contributed by atoms with van der Waals surface area (Å²) in [5.41, 5.74) is -0.0857. The molecule has 2 aromatic rings. The minimum Gasteiger partial charge on any atom is -0.444 e. The topological polar surface area (TPSA) is 91.5 Å². The first-order valence-corrected chi connectivity index (χ1v) is 10.2. The number of likely N-dealkylation sites (tertiary alicyclic amines) is 1. The number of aromatic nitrogens is 1. The Kier molecular flexibility index (Phi) is 5.88. The number of hydrogen-bond acceptors (Lipinski definition) is 5. The Balaban J connectivity index is 1.58. The van der Waals surface area contributed by atoms with E-state index >= 15 is 0 Å². The van der Waals surface area contributed by atoms with Gasteiger partial charge in [-0.1, -0.05) is 6.07 Å². The number of nitrogens with zero attached hydrogens (tertiary/aromatic N) is 1. The molecule has 1 fully saturated rings. The van der Waals surface area contributed by atoms with Crippen LogP contribution in [0.1, 0.15) is 44.0 Å². The summed E-state index contributed by atoms with van der Waals surface area (Å²) in [5, 5.41) is 4.78. The van der Waals surface area contributed by atoms with Crippen molar-refractivity contribution in [2.24, 2.45) is 0 Å². The number of nitrogens with one attached hydrogen (secondary N) is 2. The average molecular weight is 404 g/mol. The Bertz CT molecular complexity index is 891. The summed E-state index contributed by atoms with van der Waals surface area (Å²) in [5.74, 6) is -0.283. The Morgan fingerprint density at radius 1 is 1.21 bits per heavy atom. The van der Waals surface area contributed by atoms with E-state index in [-0.39, 0.29) is 23.1 Å². The smallest absolute Gasteiger partial charge is 0.407 e. The lowest BCUT2D eigenvalue weighted by molar-refractivity contribution is 0.0473. The van der Waals surface area contributed by atoms with Crippen molar-refractivity contribution in [3.05, 3.63) is 45.6 Å². The van der Waals surface area contributed by atoms with E-state index in [1.165, 1.54) is 11.3 Å². The van der Waals surface area contributed by atoms with Crippen LogP contribution in [0.4, 0.5) is 4.79 Å². The van der Waals surface area contributed by atoms with Crippen molar-refractivity contribution in [3.63, 3.8) is 0 Å². The molecule has 2 aromatic heterocycles. The maximum Gasteiger partial charge on any atom is 0.407 e. The van der Waals surface area contributed by atoms with Gasteiger partial charge in [0.05, 0.1) is 10.6 Å². The molecule has 0 spiro atoms. The number of piperidine rings is 1. The molecule has 0 bridgehead atoms. The number of alkyl carbamates (subject to hydrolysis) is 1. The second kappa shape index (κ2) is 8.18. The summed E-state index contributed by atoms with van der Waals surface area (Å²) < 4.78 is 5.27. The van der Waals surface area contributed by atoms with Gasteiger partial charge in [0, 0.05) is 19.1 Å². The van der Waals surface area contributed by atoms with Crippen LogP contribution < -0.4 is 10.9 Å². The van der Waals surface area contributed by atoms with Crippen LogP contribution >= 0.6 is 11.3 Å². The third kappa shape index (κ3) is 5.01. The Labute approximate surface area is 167 Å². The molecule has 0 radical (unpaired) electrons. The van der Waals surface area contributed by atoms with E-state index in [0.717, 1.165) is 4.88 Å². The van der Waals surface area contributed by atoms with Gasteiger partial charge >= 0.3 is 6.09 Å². The lowest BCUT2D eigenvalue weighted by Crippen LogP contribution is -2.48. The van der Waals surface area contributed by atoms with E-state index in [4.69, 9.17) is 4.74 Å². The van der Waals surface area contributed by atoms with Gasteiger partial charge in [0.15, 0.2) is 0 Å². The SMILES string of the molecule is CC(C)(C)OC(=O)NC1CCN(C(=O)c2ccc(-c3cccs3)[nH]c2=O)CC1. The molecule has 2 amide bonds. The van der Waals surface area contributed by atoms with E-state index in [9.17, 15) is 14.4 Å². The van der Waals surface area contributed by atoms with Crippen molar-refractivity contribution in [3.8, 4) is 10.6 Å². The number of thiophene rings is 1. The molecule has 3 rings (SSSR count). The Morgan fingerprint density at radius 3 is 2.50 bits per heavy atom. The molecule has 3 heterocycles. The van der Waals surface area contributed by atoms with Gasteiger partial charge in [0.25, 0.3) is 11.5 Å². The number of carbonyl (C=O) groups is 2. The first kappa shape index (κ1) is 20.1. The largest absolute Gasteiger partial charge is 0.444 e. The summed E-state index contributed by atoms with van der Waals surface area (Å²) in [7, 11) is 0. The first-order valence-electron chi connectivity index (χ1n) is 9.29. The summed E-state index contributed by atoms with van der Waals surface area (Å²) in [6.45, 7) is 6.40. The van der Waals surface area contributed by atoms with Crippen molar-refractivity contribution in [2.75, 3.05) is 13.1 Å². The number of rotatable bonds is 3. The van der Waals surface area contributed by atoms with Crippen LogP contribution in [0, 0.1) is 0 Å². The number of hydrogen-bond donors (Lipinski definition) is 2. The summed E-state index contributed by atoms with van der Waals surface area (Å²) in [6, 6.07) is 7.13. The number of aromatic amines is 1. The van der Waals surface area contributed by atoms with Crippen LogP contribution in [0.25, 0.3) is 10.6 Å². The molecule has 0 aromatic carbocycles. The molecule has 7 nitrogen and oxygen atoms in total. The molecule has 1 saturated heterocycles. The maximum atomic E-state index is 12.7. The van der Waals surface area contributed by atoms with E-state index in [2.05, 4.69) is 10.3 Å². The van der Waals surface area contributed by atoms with Gasteiger partial charge in [0.2, 0.25) is 0 Å². The molecule has 1 aliphatic rings. The lowest BCUT2D eigenvalue weighted by atomic mass is 10.0. The third-order valence-electron chi connectivity index (χ3n) is 4.43. The molecule has 2 N–H and O–H groups in total. The van der Waals surface area contributed by atoms with E-state index in [1.54, 1.807) is 17.0 Å². The molecule has 1 aliphatic heterocycles. The van der Waals surface area contributed by atoms with Gasteiger partial charge in [-0.25, -0.2) is 4.79 Å². The van der Waals surface area contributed by atoms with E-state index in [1.807, 2.05) is 38.3 Å². The fraction of sp³-hybridized carbons (Fsp3) is 0.450. The summed E-state index contributed by atoms with van der Waals surface area (Å²) in [4.78, 5) is 42.4. The standard InChI is InChI=1S/C20H25N3O4S/c1-20(2,3)27-19(26)21-13-8-10-23(11-9-13)18(25)14-6-7-15(22-17(14)24)16-5-4-12-28-16/h4-7,12-13H,8-11H2,1-3H3,(H,21,26)(H,22,24). The monoisotopic (exact) mass is 403 g/mol. The third-order valence-corrected chi connectivity index (χ3v) is 5.33. The van der Waals surface area contributed by atoms with Crippen molar-refractivity contribution in [2.45, 2.75) is 45.3 Å². The molecule has 0 saturated carbocycles. The van der Waals surface area contributed by atoms with Crippen molar-refractivity contribution >= 4 is 23.3 Å². The highest BCUT2D eigenvalue weighted by molar-refractivity contribution is 7.13. The predicted molar refractivity (Wildman–Crippen MR) is 109 cm³/mol. The predicted octanol–water partition coefficient (Wildman–Crippen LogP) is 3.23. The van der Waals surface area contributed by atoms with Gasteiger partial charge in [-0.3, -0.25) is 9.59 Å². The molecule has 0 unspecified atom stereocenters. The van der Waals surface area contributed by atoms with Crippen LogP contribution in [-0.2, 0) is 4.74 Å². The fourth-order valence-corrected chi connectivity index (χ4v) is 3.80. The Morgan fingerprint density at radius 2 is 1.93 bits per heavy atom. The normalized spacial score (nSPS) is 15.3. The zero-order valence-electron chi connectivity index (χ0n) is 16.3. The highest BCUT2D eigenvalue weighted by Gasteiger charge is 2.27. The van der Waals surface area contributed by atoms with Gasteiger partial charge in [-0.15, -0.1) is 11.3 Å². The van der Waals surface area contributed by atoms with E-state index < -0.39 is 11.7 Å². The van der Waals surface area contributed by atoms with Crippen molar-refractivity contribution in [1.29, 1.82) is 0 Å². The fourth-order valence-electron chi connectivity index (χ4n) is 3.09. The highest BCUT2D eigenvalue weighted by atomic mass is 32.1. The van der Waals surface area contributed by atoms with Crippen LogP contribution in [0.5, 0.6) is 0 Å². The van der Waals surface area contributed by atoms with E-state index in [0.29, 0.717) is 31.6 Å². The number of carbonyl (C=O) groups excluding carboxylic acids is 2. The zero-order chi connectivity index (χ0) is 20.3. The summed E-state index contributed by atoms with van der Waals surface area (Å²) in [6.07, 6.45) is 0.796. The minimum absolute atomic E-state index is 0.0432. The number of ether oxygens (including phenoxy) is 1. The van der Waals surface area contributed by atoms with Crippen LogP contribution in [0.15, 0.2) is 34.4 Å². The van der Waals surface area contributed by atoms with Crippen LogP contribution in [0.2, 0.25) is 0 Å². The lowest BCUT2D eigenvalue weighted by Gasteiger charge is -2.32. The van der Waals surface area contributed by atoms with Crippen LogP contribution in [-0.4, -0.2) is 46.6 Å². The molecule has 8 heteroatoms. The molecule has 28 heavy (non-hydrogen) atoms. The first-order chi connectivity index (χ1) is 13.2. The highest BCUT2D eigenvalue weighted by Crippen LogP contribution is 2.22. The molecular weight excluding hydrogens is 378 g/mol. The molecular formula is C20H25N3O4S. The van der Waals surface area contributed by atoms with Gasteiger partial charge in [-0.05, 0) is 57.2 Å². The number of amides is 2. The Hall–Kier alpha value is -2.61. The van der Waals surface area contributed by atoms with Crippen LogP contribution in [0.3, 0.4) is 0 Å². The number of H-pyrrole nitrogens is 1. The quantitative estimate of drug-likeness (QED) is 0.823. The second-order valence-electron chi connectivity index (χ2n) is 7.80. The molecule has 0 aliphatic carbocycles. The van der Waals surface area contributed by atoms with Gasteiger partial charge < -0.3 is 19.9 Å². The van der Waals surface area contributed by atoms with Crippen molar-refractivity contribution < 1.29 is 14.3 Å².